The highest BCUT2D eigenvalue weighted by atomic mass is 16.5. The summed E-state index contributed by atoms with van der Waals surface area (Å²) in [5.41, 5.74) is 3.80. The first-order valence-corrected chi connectivity index (χ1v) is 6.66. The second-order valence-electron chi connectivity index (χ2n) is 5.16. The van der Waals surface area contributed by atoms with Crippen molar-refractivity contribution in [3.63, 3.8) is 0 Å². The highest BCUT2D eigenvalue weighted by Gasteiger charge is 2.18. The van der Waals surface area contributed by atoms with E-state index >= 15 is 0 Å². The predicted octanol–water partition coefficient (Wildman–Crippen LogP) is 2.95. The summed E-state index contributed by atoms with van der Waals surface area (Å²) >= 11 is 0. The number of aromatic amines is 1. The van der Waals surface area contributed by atoms with E-state index in [0.717, 1.165) is 24.4 Å². The van der Waals surface area contributed by atoms with E-state index in [1.807, 2.05) is 0 Å². The van der Waals surface area contributed by atoms with Gasteiger partial charge < -0.3 is 15.0 Å². The molecule has 3 heteroatoms. The van der Waals surface area contributed by atoms with Crippen LogP contribution in [0.4, 0.5) is 0 Å². The lowest BCUT2D eigenvalue weighted by Gasteiger charge is -2.23. The molecule has 1 fully saturated rings. The highest BCUT2D eigenvalue weighted by Crippen LogP contribution is 2.33. The van der Waals surface area contributed by atoms with Gasteiger partial charge in [0.2, 0.25) is 0 Å². The molecule has 3 nitrogen and oxygen atoms in total. The van der Waals surface area contributed by atoms with Crippen LogP contribution in [0.3, 0.4) is 0 Å². The monoisotopic (exact) mass is 244 g/mol. The Balaban J connectivity index is 2.08. The topological polar surface area (TPSA) is 37.0 Å². The average molecular weight is 244 g/mol. The molecule has 1 atom stereocenters. The van der Waals surface area contributed by atoms with Crippen molar-refractivity contribution in [3.8, 4) is 5.75 Å². The summed E-state index contributed by atoms with van der Waals surface area (Å²) in [6.07, 6.45) is 4.58. The lowest BCUT2D eigenvalue weighted by Crippen LogP contribution is -2.28. The summed E-state index contributed by atoms with van der Waals surface area (Å²) in [6, 6.07) is 4.51. The van der Waals surface area contributed by atoms with E-state index in [1.165, 1.54) is 29.4 Å². The maximum absolute atomic E-state index is 5.52. The van der Waals surface area contributed by atoms with Crippen LogP contribution < -0.4 is 10.1 Å². The van der Waals surface area contributed by atoms with Crippen LogP contribution in [0.2, 0.25) is 0 Å². The molecule has 3 rings (SSSR count). The summed E-state index contributed by atoms with van der Waals surface area (Å²) < 4.78 is 5.52. The zero-order chi connectivity index (χ0) is 12.5. The molecule has 0 bridgehead atoms. The van der Waals surface area contributed by atoms with Crippen molar-refractivity contribution >= 4 is 10.9 Å². The number of aromatic nitrogens is 1. The third kappa shape index (κ3) is 1.89. The van der Waals surface area contributed by atoms with Gasteiger partial charge in [0.1, 0.15) is 5.75 Å². The largest absolute Gasteiger partial charge is 0.495 e. The van der Waals surface area contributed by atoms with Gasteiger partial charge in [0.25, 0.3) is 0 Å². The second kappa shape index (κ2) is 4.65. The molecule has 0 saturated carbocycles. The summed E-state index contributed by atoms with van der Waals surface area (Å²) in [5.74, 6) is 1.58. The number of hydrogen-bond acceptors (Lipinski definition) is 2. The molecule has 1 aliphatic heterocycles. The molecule has 1 aliphatic rings. The van der Waals surface area contributed by atoms with Crippen LogP contribution >= 0.6 is 0 Å². The van der Waals surface area contributed by atoms with Gasteiger partial charge in [-0.2, -0.15) is 0 Å². The lowest BCUT2D eigenvalue weighted by molar-refractivity contribution is 0.415. The molecule has 1 aromatic carbocycles. The van der Waals surface area contributed by atoms with E-state index in [2.05, 4.69) is 35.6 Å². The molecule has 2 N–H and O–H groups in total. The van der Waals surface area contributed by atoms with Crippen LogP contribution in [0.1, 0.15) is 29.9 Å². The SMILES string of the molecule is COc1cc(C2CCCNC2)cc2c(C)c[nH]c12. The number of fused-ring (bicyclic) bond motifs is 1. The van der Waals surface area contributed by atoms with Gasteiger partial charge in [0, 0.05) is 18.1 Å². The third-order valence-corrected chi connectivity index (χ3v) is 3.97. The first kappa shape index (κ1) is 11.6. The van der Waals surface area contributed by atoms with Crippen molar-refractivity contribution in [2.75, 3.05) is 20.2 Å². The van der Waals surface area contributed by atoms with Crippen LogP contribution in [-0.4, -0.2) is 25.2 Å². The van der Waals surface area contributed by atoms with Crippen molar-refractivity contribution in [1.82, 2.24) is 10.3 Å². The molecule has 2 heterocycles. The quantitative estimate of drug-likeness (QED) is 0.852. The number of rotatable bonds is 2. The number of hydrogen-bond donors (Lipinski definition) is 2. The second-order valence-corrected chi connectivity index (χ2v) is 5.16. The Morgan fingerprint density at radius 2 is 2.22 bits per heavy atom. The Bertz CT molecular complexity index is 553. The Morgan fingerprint density at radius 1 is 1.33 bits per heavy atom. The fraction of sp³-hybridized carbons (Fsp3) is 0.467. The zero-order valence-electron chi connectivity index (χ0n) is 11.0. The van der Waals surface area contributed by atoms with Crippen LogP contribution in [0.15, 0.2) is 18.3 Å². The van der Waals surface area contributed by atoms with Crippen molar-refractivity contribution < 1.29 is 4.74 Å². The van der Waals surface area contributed by atoms with Gasteiger partial charge in [0.05, 0.1) is 12.6 Å². The highest BCUT2D eigenvalue weighted by molar-refractivity contribution is 5.89. The van der Waals surface area contributed by atoms with Crippen LogP contribution in [0, 0.1) is 6.92 Å². The number of aryl methyl sites for hydroxylation is 1. The molecule has 2 aromatic rings. The molecule has 18 heavy (non-hydrogen) atoms. The van der Waals surface area contributed by atoms with Gasteiger partial charge in [-0.1, -0.05) is 0 Å². The average Bonchev–Trinajstić information content (AvgIpc) is 2.81. The van der Waals surface area contributed by atoms with E-state index in [-0.39, 0.29) is 0 Å². The van der Waals surface area contributed by atoms with Gasteiger partial charge >= 0.3 is 0 Å². The molecule has 0 radical (unpaired) electrons. The van der Waals surface area contributed by atoms with E-state index in [1.54, 1.807) is 7.11 Å². The van der Waals surface area contributed by atoms with Crippen LogP contribution in [0.25, 0.3) is 10.9 Å². The Morgan fingerprint density at radius 3 is 2.94 bits per heavy atom. The zero-order valence-corrected chi connectivity index (χ0v) is 11.0. The molecular weight excluding hydrogens is 224 g/mol. The predicted molar refractivity (Wildman–Crippen MR) is 74.4 cm³/mol. The lowest BCUT2D eigenvalue weighted by atomic mass is 9.90. The fourth-order valence-corrected chi connectivity index (χ4v) is 2.89. The third-order valence-electron chi connectivity index (χ3n) is 3.97. The van der Waals surface area contributed by atoms with Crippen LogP contribution in [-0.2, 0) is 0 Å². The van der Waals surface area contributed by atoms with Crippen molar-refractivity contribution in [2.24, 2.45) is 0 Å². The van der Waals surface area contributed by atoms with Gasteiger partial charge in [-0.05, 0) is 55.5 Å². The van der Waals surface area contributed by atoms with Crippen molar-refractivity contribution in [3.05, 3.63) is 29.5 Å². The minimum atomic E-state index is 0.617. The fourth-order valence-electron chi connectivity index (χ4n) is 2.89. The molecular formula is C15H20N2O. The van der Waals surface area contributed by atoms with Gasteiger partial charge in [-0.25, -0.2) is 0 Å². The molecule has 1 unspecified atom stereocenters. The Kier molecular flexibility index (Phi) is 3.00. The first-order chi connectivity index (χ1) is 8.79. The van der Waals surface area contributed by atoms with Gasteiger partial charge in [-0.3, -0.25) is 0 Å². The number of ether oxygens (including phenoxy) is 1. The van der Waals surface area contributed by atoms with Gasteiger partial charge in [0.15, 0.2) is 0 Å². The minimum absolute atomic E-state index is 0.617. The minimum Gasteiger partial charge on any atom is -0.495 e. The van der Waals surface area contributed by atoms with Crippen molar-refractivity contribution in [1.29, 1.82) is 0 Å². The standard InChI is InChI=1S/C15H20N2O/c1-10-8-17-15-13(10)6-12(7-14(15)18-2)11-4-3-5-16-9-11/h6-8,11,16-17H,3-5,9H2,1-2H3. The smallest absolute Gasteiger partial charge is 0.143 e. The first-order valence-electron chi connectivity index (χ1n) is 6.66. The molecule has 0 amide bonds. The Labute approximate surface area is 108 Å². The summed E-state index contributed by atoms with van der Waals surface area (Å²) in [4.78, 5) is 3.30. The molecule has 96 valence electrons. The molecule has 1 saturated heterocycles. The number of piperidine rings is 1. The van der Waals surface area contributed by atoms with E-state index < -0.39 is 0 Å². The summed E-state index contributed by atoms with van der Waals surface area (Å²) in [6.45, 7) is 4.37. The summed E-state index contributed by atoms with van der Waals surface area (Å²) in [7, 11) is 1.74. The Hall–Kier alpha value is -1.48. The van der Waals surface area contributed by atoms with E-state index in [0.29, 0.717) is 5.92 Å². The van der Waals surface area contributed by atoms with E-state index in [4.69, 9.17) is 4.74 Å². The summed E-state index contributed by atoms with van der Waals surface area (Å²) in [5, 5.41) is 4.77. The molecule has 1 aromatic heterocycles. The maximum Gasteiger partial charge on any atom is 0.143 e. The van der Waals surface area contributed by atoms with E-state index in [9.17, 15) is 0 Å². The number of nitrogens with one attached hydrogen (secondary N) is 2. The van der Waals surface area contributed by atoms with Crippen molar-refractivity contribution in [2.45, 2.75) is 25.7 Å². The van der Waals surface area contributed by atoms with Gasteiger partial charge in [-0.15, -0.1) is 0 Å². The maximum atomic E-state index is 5.52. The number of H-pyrrole nitrogens is 1. The normalized spacial score (nSPS) is 20.2. The molecule has 0 spiro atoms. The van der Waals surface area contributed by atoms with Crippen LogP contribution in [0.5, 0.6) is 5.75 Å². The number of benzene rings is 1. The number of methoxy groups -OCH3 is 1. The molecule has 0 aliphatic carbocycles.